The lowest BCUT2D eigenvalue weighted by Gasteiger charge is -2.41. The van der Waals surface area contributed by atoms with Gasteiger partial charge in [-0.2, -0.15) is 0 Å². The van der Waals surface area contributed by atoms with Gasteiger partial charge in [0.2, 0.25) is 0 Å². The Hall–Kier alpha value is -0.0400. The van der Waals surface area contributed by atoms with Crippen LogP contribution in [-0.2, 0) is 0 Å². The van der Waals surface area contributed by atoms with E-state index in [1.807, 2.05) is 0 Å². The van der Waals surface area contributed by atoms with Crippen molar-refractivity contribution in [3.8, 4) is 0 Å². The number of nitrogens with one attached hydrogen (secondary N) is 1. The summed E-state index contributed by atoms with van der Waals surface area (Å²) >= 11 is 0. The standard InChI is InChI=1S/C10H21N/c1-10(2,3)9(11-4)8-6-5-7-8/h8-9,11H,5-7H2,1-4H3. The molecule has 0 saturated heterocycles. The van der Waals surface area contributed by atoms with E-state index in [0.29, 0.717) is 5.41 Å². The molecular formula is C10H21N. The van der Waals surface area contributed by atoms with Gasteiger partial charge in [-0.05, 0) is 31.2 Å². The summed E-state index contributed by atoms with van der Waals surface area (Å²) in [5, 5.41) is 3.44. The second-order valence-corrected chi connectivity index (χ2v) is 4.82. The second-order valence-electron chi connectivity index (χ2n) is 4.82. The Balaban J connectivity index is 2.48. The van der Waals surface area contributed by atoms with Crippen molar-refractivity contribution in [2.45, 2.75) is 46.1 Å². The van der Waals surface area contributed by atoms with Crippen molar-refractivity contribution >= 4 is 0 Å². The van der Waals surface area contributed by atoms with E-state index in [1.54, 1.807) is 0 Å². The van der Waals surface area contributed by atoms with Crippen molar-refractivity contribution in [2.24, 2.45) is 11.3 Å². The van der Waals surface area contributed by atoms with Gasteiger partial charge in [0.05, 0.1) is 0 Å². The van der Waals surface area contributed by atoms with Crippen molar-refractivity contribution < 1.29 is 0 Å². The molecule has 0 aromatic rings. The fraction of sp³-hybridized carbons (Fsp3) is 1.00. The normalized spacial score (nSPS) is 22.9. The molecule has 1 nitrogen and oxygen atoms in total. The van der Waals surface area contributed by atoms with E-state index in [9.17, 15) is 0 Å². The van der Waals surface area contributed by atoms with Crippen LogP contribution in [0.1, 0.15) is 40.0 Å². The van der Waals surface area contributed by atoms with Crippen LogP contribution in [0.25, 0.3) is 0 Å². The molecule has 0 aliphatic heterocycles. The largest absolute Gasteiger partial charge is 0.316 e. The smallest absolute Gasteiger partial charge is 0.0141 e. The lowest BCUT2D eigenvalue weighted by atomic mass is 9.70. The highest BCUT2D eigenvalue weighted by Gasteiger charge is 2.33. The zero-order valence-electron chi connectivity index (χ0n) is 8.28. The van der Waals surface area contributed by atoms with Crippen LogP contribution >= 0.6 is 0 Å². The van der Waals surface area contributed by atoms with Crippen LogP contribution in [0.4, 0.5) is 0 Å². The molecule has 0 radical (unpaired) electrons. The Morgan fingerprint density at radius 3 is 1.91 bits per heavy atom. The van der Waals surface area contributed by atoms with E-state index in [1.165, 1.54) is 19.3 Å². The molecular weight excluding hydrogens is 134 g/mol. The van der Waals surface area contributed by atoms with Gasteiger partial charge in [-0.1, -0.05) is 27.2 Å². The van der Waals surface area contributed by atoms with Crippen molar-refractivity contribution in [1.29, 1.82) is 0 Å². The minimum absolute atomic E-state index is 0.430. The third kappa shape index (κ3) is 1.96. The fourth-order valence-electron chi connectivity index (χ4n) is 2.15. The Morgan fingerprint density at radius 2 is 1.82 bits per heavy atom. The SMILES string of the molecule is CNC(C1CCC1)C(C)(C)C. The Bertz CT molecular complexity index is 119. The highest BCUT2D eigenvalue weighted by atomic mass is 14.9. The molecule has 0 amide bonds. The van der Waals surface area contributed by atoms with Gasteiger partial charge >= 0.3 is 0 Å². The summed E-state index contributed by atoms with van der Waals surface area (Å²) in [7, 11) is 2.09. The molecule has 1 heteroatoms. The molecule has 11 heavy (non-hydrogen) atoms. The molecule has 1 unspecified atom stereocenters. The molecule has 0 spiro atoms. The average Bonchev–Trinajstić information content (AvgIpc) is 1.74. The molecule has 0 aromatic heterocycles. The third-order valence-corrected chi connectivity index (χ3v) is 2.87. The average molecular weight is 155 g/mol. The van der Waals surface area contributed by atoms with Gasteiger partial charge in [0, 0.05) is 6.04 Å². The first kappa shape index (κ1) is 9.05. The van der Waals surface area contributed by atoms with Crippen molar-refractivity contribution in [1.82, 2.24) is 5.32 Å². The summed E-state index contributed by atoms with van der Waals surface area (Å²) in [5.41, 5.74) is 0.430. The first-order valence-corrected chi connectivity index (χ1v) is 4.73. The number of rotatable bonds is 2. The van der Waals surface area contributed by atoms with Crippen LogP contribution in [0.15, 0.2) is 0 Å². The maximum atomic E-state index is 3.44. The molecule has 0 bridgehead atoms. The summed E-state index contributed by atoms with van der Waals surface area (Å²) in [6, 6.07) is 0.719. The number of hydrogen-bond acceptors (Lipinski definition) is 1. The van der Waals surface area contributed by atoms with E-state index in [-0.39, 0.29) is 0 Å². The summed E-state index contributed by atoms with van der Waals surface area (Å²) in [5.74, 6) is 0.944. The molecule has 1 aliphatic rings. The van der Waals surface area contributed by atoms with E-state index in [4.69, 9.17) is 0 Å². The zero-order chi connectivity index (χ0) is 8.48. The molecule has 1 fully saturated rings. The van der Waals surface area contributed by atoms with Crippen molar-refractivity contribution in [3.05, 3.63) is 0 Å². The molecule has 1 N–H and O–H groups in total. The van der Waals surface area contributed by atoms with E-state index < -0.39 is 0 Å². The van der Waals surface area contributed by atoms with E-state index in [2.05, 4.69) is 33.1 Å². The number of hydrogen-bond donors (Lipinski definition) is 1. The van der Waals surface area contributed by atoms with Gasteiger partial charge in [0.1, 0.15) is 0 Å². The topological polar surface area (TPSA) is 12.0 Å². The first-order valence-electron chi connectivity index (χ1n) is 4.73. The monoisotopic (exact) mass is 155 g/mol. The van der Waals surface area contributed by atoms with E-state index >= 15 is 0 Å². The highest BCUT2D eigenvalue weighted by Crippen LogP contribution is 2.37. The Morgan fingerprint density at radius 1 is 1.27 bits per heavy atom. The molecule has 1 rings (SSSR count). The first-order chi connectivity index (χ1) is 5.05. The van der Waals surface area contributed by atoms with Crippen LogP contribution < -0.4 is 5.32 Å². The van der Waals surface area contributed by atoms with Gasteiger partial charge in [-0.3, -0.25) is 0 Å². The fourth-order valence-corrected chi connectivity index (χ4v) is 2.15. The van der Waals surface area contributed by atoms with Gasteiger partial charge in [-0.25, -0.2) is 0 Å². The van der Waals surface area contributed by atoms with Crippen molar-refractivity contribution in [3.63, 3.8) is 0 Å². The van der Waals surface area contributed by atoms with Crippen LogP contribution in [0.5, 0.6) is 0 Å². The van der Waals surface area contributed by atoms with Gasteiger partial charge in [0.25, 0.3) is 0 Å². The molecule has 66 valence electrons. The second kappa shape index (κ2) is 3.14. The maximum absolute atomic E-state index is 3.44. The van der Waals surface area contributed by atoms with Gasteiger partial charge < -0.3 is 5.32 Å². The maximum Gasteiger partial charge on any atom is 0.0141 e. The summed E-state index contributed by atoms with van der Waals surface area (Å²) in [6.07, 6.45) is 4.31. The minimum Gasteiger partial charge on any atom is -0.316 e. The third-order valence-electron chi connectivity index (χ3n) is 2.87. The van der Waals surface area contributed by atoms with Crippen LogP contribution in [0.2, 0.25) is 0 Å². The molecule has 0 aromatic carbocycles. The Labute approximate surface area is 70.6 Å². The molecule has 1 saturated carbocycles. The van der Waals surface area contributed by atoms with Gasteiger partial charge in [-0.15, -0.1) is 0 Å². The molecule has 1 aliphatic carbocycles. The van der Waals surface area contributed by atoms with Crippen LogP contribution in [0.3, 0.4) is 0 Å². The lowest BCUT2D eigenvalue weighted by molar-refractivity contribution is 0.138. The van der Waals surface area contributed by atoms with Crippen LogP contribution in [0, 0.1) is 11.3 Å². The summed E-state index contributed by atoms with van der Waals surface area (Å²) in [6.45, 7) is 6.98. The van der Waals surface area contributed by atoms with Crippen molar-refractivity contribution in [2.75, 3.05) is 7.05 Å². The van der Waals surface area contributed by atoms with E-state index in [0.717, 1.165) is 12.0 Å². The lowest BCUT2D eigenvalue weighted by Crippen LogP contribution is -2.46. The summed E-state index contributed by atoms with van der Waals surface area (Å²) < 4.78 is 0. The Kier molecular flexibility index (Phi) is 2.58. The molecule has 0 heterocycles. The highest BCUT2D eigenvalue weighted by molar-refractivity contribution is 4.89. The van der Waals surface area contributed by atoms with Gasteiger partial charge in [0.15, 0.2) is 0 Å². The zero-order valence-corrected chi connectivity index (χ0v) is 8.28. The quantitative estimate of drug-likeness (QED) is 0.645. The van der Waals surface area contributed by atoms with Crippen LogP contribution in [-0.4, -0.2) is 13.1 Å². The minimum atomic E-state index is 0.430. The molecule has 1 atom stereocenters. The summed E-state index contributed by atoms with van der Waals surface area (Å²) in [4.78, 5) is 0. The predicted octanol–water partition coefficient (Wildman–Crippen LogP) is 2.42. The predicted molar refractivity (Wildman–Crippen MR) is 49.6 cm³/mol.